The van der Waals surface area contributed by atoms with Gasteiger partial charge in [-0.2, -0.15) is 0 Å². The fraction of sp³-hybridized carbons (Fsp3) is 0.421. The number of rotatable bonds is 4. The van der Waals surface area contributed by atoms with Gasteiger partial charge in [-0.25, -0.2) is 0 Å². The number of amides is 1. The molecule has 0 radical (unpaired) electrons. The number of aryl methyl sites for hydroxylation is 2. The van der Waals surface area contributed by atoms with Gasteiger partial charge in [0.25, 0.3) is 5.91 Å². The molecule has 6 heteroatoms. The van der Waals surface area contributed by atoms with Crippen LogP contribution in [0.4, 0.5) is 11.4 Å². The largest absolute Gasteiger partial charge is 0.466 e. The highest BCUT2D eigenvalue weighted by molar-refractivity contribution is 6.31. The molecular formula is C19H24ClN3O2. The van der Waals surface area contributed by atoms with Gasteiger partial charge in [-0.05, 0) is 44.7 Å². The Hall–Kier alpha value is -1.98. The number of hydrogen-bond donors (Lipinski definition) is 1. The fourth-order valence-electron chi connectivity index (χ4n) is 3.24. The van der Waals surface area contributed by atoms with Crippen LogP contribution in [-0.4, -0.2) is 43.5 Å². The van der Waals surface area contributed by atoms with Crippen molar-refractivity contribution in [1.82, 2.24) is 4.90 Å². The highest BCUT2D eigenvalue weighted by Crippen LogP contribution is 2.31. The summed E-state index contributed by atoms with van der Waals surface area (Å²) in [6, 6.07) is 7.41. The minimum Gasteiger partial charge on any atom is -0.466 e. The lowest BCUT2D eigenvalue weighted by Crippen LogP contribution is -2.46. The van der Waals surface area contributed by atoms with Crippen LogP contribution in [0, 0.1) is 13.8 Å². The molecule has 0 bridgehead atoms. The van der Waals surface area contributed by atoms with Gasteiger partial charge < -0.3 is 19.5 Å². The van der Waals surface area contributed by atoms with Gasteiger partial charge in [-0.3, -0.25) is 4.79 Å². The number of furan rings is 1. The van der Waals surface area contributed by atoms with Gasteiger partial charge >= 0.3 is 0 Å². The van der Waals surface area contributed by atoms with Gasteiger partial charge in [0.1, 0.15) is 11.5 Å². The molecule has 2 heterocycles. The van der Waals surface area contributed by atoms with E-state index in [1.54, 1.807) is 13.0 Å². The van der Waals surface area contributed by atoms with Gasteiger partial charge in [-0.1, -0.05) is 18.5 Å². The second-order valence-electron chi connectivity index (χ2n) is 6.36. The predicted octanol–water partition coefficient (Wildman–Crippen LogP) is 3.94. The molecule has 2 aromatic rings. The van der Waals surface area contributed by atoms with Crippen molar-refractivity contribution >= 4 is 28.9 Å². The van der Waals surface area contributed by atoms with Crippen molar-refractivity contribution < 1.29 is 9.21 Å². The summed E-state index contributed by atoms with van der Waals surface area (Å²) in [5.41, 5.74) is 2.30. The van der Waals surface area contributed by atoms with Crippen LogP contribution < -0.4 is 10.2 Å². The van der Waals surface area contributed by atoms with E-state index in [1.165, 1.54) is 0 Å². The zero-order valence-electron chi connectivity index (χ0n) is 14.9. The first-order valence-electron chi connectivity index (χ1n) is 8.63. The second-order valence-corrected chi connectivity index (χ2v) is 6.80. The van der Waals surface area contributed by atoms with Crippen molar-refractivity contribution in [3.63, 3.8) is 0 Å². The highest BCUT2D eigenvalue weighted by Gasteiger charge is 2.21. The van der Waals surface area contributed by atoms with Gasteiger partial charge in [0.15, 0.2) is 0 Å². The summed E-state index contributed by atoms with van der Waals surface area (Å²) in [5, 5.41) is 3.61. The molecule has 134 valence electrons. The third-order valence-corrected chi connectivity index (χ3v) is 4.89. The quantitative estimate of drug-likeness (QED) is 0.896. The Bertz CT molecular complexity index is 764. The lowest BCUT2D eigenvalue weighted by Gasteiger charge is -2.36. The number of nitrogens with zero attached hydrogens (tertiary/aromatic N) is 2. The SMILES string of the molecule is CCN1CCN(c2ccc(Cl)cc2NC(=O)c2cc(C)oc2C)CC1. The van der Waals surface area contributed by atoms with Crippen LogP contribution in [0.1, 0.15) is 28.8 Å². The van der Waals surface area contributed by atoms with Crippen LogP contribution in [0.3, 0.4) is 0 Å². The van der Waals surface area contributed by atoms with Crippen molar-refractivity contribution in [1.29, 1.82) is 0 Å². The first-order valence-corrected chi connectivity index (χ1v) is 9.01. The summed E-state index contributed by atoms with van der Waals surface area (Å²) in [6.45, 7) is 10.8. The van der Waals surface area contributed by atoms with E-state index in [0.717, 1.165) is 49.9 Å². The summed E-state index contributed by atoms with van der Waals surface area (Å²) in [5.74, 6) is 1.17. The number of likely N-dealkylation sites (N-methyl/N-ethyl adjacent to an activating group) is 1. The zero-order valence-corrected chi connectivity index (χ0v) is 15.7. The number of carbonyl (C=O) groups is 1. The molecule has 1 N–H and O–H groups in total. The molecule has 1 aromatic carbocycles. The molecule has 0 atom stereocenters. The van der Waals surface area contributed by atoms with Gasteiger partial charge in [0.05, 0.1) is 16.9 Å². The molecule has 1 saturated heterocycles. The van der Waals surface area contributed by atoms with Crippen LogP contribution in [0.5, 0.6) is 0 Å². The van der Waals surface area contributed by atoms with Crippen LogP contribution in [0.15, 0.2) is 28.7 Å². The minimum atomic E-state index is -0.176. The van der Waals surface area contributed by atoms with E-state index in [0.29, 0.717) is 16.3 Å². The molecule has 1 aliphatic rings. The molecule has 1 amide bonds. The Morgan fingerprint density at radius 3 is 2.52 bits per heavy atom. The predicted molar refractivity (Wildman–Crippen MR) is 102 cm³/mol. The molecule has 3 rings (SSSR count). The molecule has 1 aromatic heterocycles. The number of halogens is 1. The van der Waals surface area contributed by atoms with Crippen LogP contribution in [-0.2, 0) is 0 Å². The Kier molecular flexibility index (Phi) is 5.35. The number of hydrogen-bond acceptors (Lipinski definition) is 4. The van der Waals surface area contributed by atoms with Gasteiger partial charge in [0.2, 0.25) is 0 Å². The Balaban J connectivity index is 1.82. The molecule has 5 nitrogen and oxygen atoms in total. The first kappa shape index (κ1) is 17.8. The maximum Gasteiger partial charge on any atom is 0.259 e. The van der Waals surface area contributed by atoms with E-state index >= 15 is 0 Å². The molecule has 0 spiro atoms. The molecule has 0 unspecified atom stereocenters. The molecule has 0 aliphatic carbocycles. The third kappa shape index (κ3) is 3.99. The average molecular weight is 362 g/mol. The number of nitrogens with one attached hydrogen (secondary N) is 1. The van der Waals surface area contributed by atoms with Gasteiger partial charge in [0, 0.05) is 31.2 Å². The lowest BCUT2D eigenvalue weighted by molar-refractivity contribution is 0.102. The summed E-state index contributed by atoms with van der Waals surface area (Å²) in [6.07, 6.45) is 0. The van der Waals surface area contributed by atoms with Crippen molar-refractivity contribution in [3.05, 3.63) is 46.4 Å². The Morgan fingerprint density at radius 2 is 1.92 bits per heavy atom. The topological polar surface area (TPSA) is 48.7 Å². The lowest BCUT2D eigenvalue weighted by atomic mass is 10.2. The number of piperazine rings is 1. The van der Waals surface area contributed by atoms with Crippen LogP contribution in [0.2, 0.25) is 5.02 Å². The molecular weight excluding hydrogens is 338 g/mol. The Labute approximate surface area is 153 Å². The smallest absolute Gasteiger partial charge is 0.259 e. The molecule has 0 saturated carbocycles. The first-order chi connectivity index (χ1) is 12.0. The number of anilines is 2. The third-order valence-electron chi connectivity index (χ3n) is 4.65. The van der Waals surface area contributed by atoms with E-state index < -0.39 is 0 Å². The maximum atomic E-state index is 12.7. The van der Waals surface area contributed by atoms with E-state index in [2.05, 4.69) is 22.0 Å². The number of carbonyl (C=O) groups excluding carboxylic acids is 1. The van der Waals surface area contributed by atoms with Crippen molar-refractivity contribution in [3.8, 4) is 0 Å². The summed E-state index contributed by atoms with van der Waals surface area (Å²) in [4.78, 5) is 17.4. The fourth-order valence-corrected chi connectivity index (χ4v) is 3.41. The van der Waals surface area contributed by atoms with E-state index in [1.807, 2.05) is 25.1 Å². The minimum absolute atomic E-state index is 0.176. The van der Waals surface area contributed by atoms with Gasteiger partial charge in [-0.15, -0.1) is 0 Å². The second kappa shape index (κ2) is 7.50. The van der Waals surface area contributed by atoms with E-state index in [-0.39, 0.29) is 5.91 Å². The molecule has 1 fully saturated rings. The summed E-state index contributed by atoms with van der Waals surface area (Å²) < 4.78 is 5.46. The normalized spacial score (nSPS) is 15.4. The highest BCUT2D eigenvalue weighted by atomic mass is 35.5. The van der Waals surface area contributed by atoms with E-state index in [9.17, 15) is 4.79 Å². The number of benzene rings is 1. The van der Waals surface area contributed by atoms with Crippen molar-refractivity contribution in [2.75, 3.05) is 42.9 Å². The molecule has 25 heavy (non-hydrogen) atoms. The van der Waals surface area contributed by atoms with Crippen molar-refractivity contribution in [2.24, 2.45) is 0 Å². The Morgan fingerprint density at radius 1 is 1.20 bits per heavy atom. The summed E-state index contributed by atoms with van der Waals surface area (Å²) in [7, 11) is 0. The monoisotopic (exact) mass is 361 g/mol. The van der Waals surface area contributed by atoms with Crippen molar-refractivity contribution in [2.45, 2.75) is 20.8 Å². The average Bonchev–Trinajstić information content (AvgIpc) is 2.94. The molecule has 1 aliphatic heterocycles. The van der Waals surface area contributed by atoms with Crippen LogP contribution >= 0.6 is 11.6 Å². The zero-order chi connectivity index (χ0) is 18.0. The van der Waals surface area contributed by atoms with Crippen LogP contribution in [0.25, 0.3) is 0 Å². The summed E-state index contributed by atoms with van der Waals surface area (Å²) >= 11 is 6.17. The maximum absolute atomic E-state index is 12.7. The standard InChI is InChI=1S/C19H24ClN3O2/c1-4-22-7-9-23(10-8-22)18-6-5-15(20)12-17(18)21-19(24)16-11-13(2)25-14(16)3/h5-6,11-12H,4,7-10H2,1-3H3,(H,21,24). The van der Waals surface area contributed by atoms with E-state index in [4.69, 9.17) is 16.0 Å².